The van der Waals surface area contributed by atoms with Gasteiger partial charge in [-0.05, 0) is 35.4 Å². The summed E-state index contributed by atoms with van der Waals surface area (Å²) in [6.45, 7) is 2.12. The summed E-state index contributed by atoms with van der Waals surface area (Å²) in [6, 6.07) is 6.41. The molecular weight excluding hydrogens is 196 g/mol. The van der Waals surface area contributed by atoms with Crippen LogP contribution in [0.2, 0.25) is 0 Å². The van der Waals surface area contributed by atoms with Crippen molar-refractivity contribution in [2.45, 2.75) is 16.7 Å². The number of benzene rings is 1. The Hall–Kier alpha value is -0.600. The van der Waals surface area contributed by atoms with E-state index in [2.05, 4.69) is 60.7 Å². The first-order valence-corrected chi connectivity index (χ1v) is 6.13. The Balaban J connectivity index is 2.44. The zero-order chi connectivity index (χ0) is 9.26. The lowest BCUT2D eigenvalue weighted by Gasteiger charge is -2.13. The first-order valence-electron chi connectivity index (χ1n) is 4.20. The second-order valence-electron chi connectivity index (χ2n) is 3.08. The maximum Gasteiger partial charge on any atom is 0.0165 e. The summed E-state index contributed by atoms with van der Waals surface area (Å²) < 4.78 is 0. The Labute approximate surface area is 87.1 Å². The van der Waals surface area contributed by atoms with Crippen LogP contribution in [0.15, 0.2) is 51.0 Å². The highest BCUT2D eigenvalue weighted by Gasteiger charge is 2.06. The standard InChI is InChI=1S/C11H12S2/c1-9-4-5-10(12)11(8-9)13-6-2-3-7-13/h2-8,12-13H,1H3. The summed E-state index contributed by atoms with van der Waals surface area (Å²) in [4.78, 5) is 2.47. The van der Waals surface area contributed by atoms with Crippen molar-refractivity contribution >= 4 is 23.5 Å². The normalized spacial score (nSPS) is 16.9. The van der Waals surface area contributed by atoms with Crippen LogP contribution in [0.3, 0.4) is 0 Å². The molecule has 1 aromatic rings. The highest BCUT2D eigenvalue weighted by Crippen LogP contribution is 2.45. The van der Waals surface area contributed by atoms with E-state index in [0.717, 1.165) is 4.90 Å². The van der Waals surface area contributed by atoms with Crippen LogP contribution in [-0.2, 0) is 0 Å². The van der Waals surface area contributed by atoms with Gasteiger partial charge in [-0.2, -0.15) is 10.9 Å². The summed E-state index contributed by atoms with van der Waals surface area (Å²) >= 11 is 4.47. The minimum atomic E-state index is -0.215. The van der Waals surface area contributed by atoms with E-state index in [0.29, 0.717) is 0 Å². The van der Waals surface area contributed by atoms with Gasteiger partial charge in [0.2, 0.25) is 0 Å². The minimum absolute atomic E-state index is 0.215. The smallest absolute Gasteiger partial charge is 0.0165 e. The molecule has 0 unspecified atom stereocenters. The maximum absolute atomic E-state index is 4.47. The second kappa shape index (κ2) is 3.64. The number of thiol groups is 2. The van der Waals surface area contributed by atoms with Gasteiger partial charge in [-0.25, -0.2) is 0 Å². The highest BCUT2D eigenvalue weighted by molar-refractivity contribution is 8.22. The van der Waals surface area contributed by atoms with Crippen molar-refractivity contribution < 1.29 is 0 Å². The third-order valence-electron chi connectivity index (χ3n) is 2.01. The van der Waals surface area contributed by atoms with E-state index in [-0.39, 0.29) is 10.9 Å². The van der Waals surface area contributed by atoms with Gasteiger partial charge in [-0.3, -0.25) is 0 Å². The van der Waals surface area contributed by atoms with Crippen molar-refractivity contribution in [1.29, 1.82) is 0 Å². The van der Waals surface area contributed by atoms with Gasteiger partial charge >= 0.3 is 0 Å². The number of hydrogen-bond acceptors (Lipinski definition) is 1. The van der Waals surface area contributed by atoms with Gasteiger partial charge in [-0.1, -0.05) is 18.2 Å². The number of rotatable bonds is 1. The third kappa shape index (κ3) is 1.84. The van der Waals surface area contributed by atoms with Crippen LogP contribution in [0.25, 0.3) is 0 Å². The second-order valence-corrected chi connectivity index (χ2v) is 5.46. The predicted molar refractivity (Wildman–Crippen MR) is 64.0 cm³/mol. The molecule has 0 saturated carbocycles. The van der Waals surface area contributed by atoms with Crippen molar-refractivity contribution in [3.05, 3.63) is 46.7 Å². The van der Waals surface area contributed by atoms with Gasteiger partial charge in [0.1, 0.15) is 0 Å². The molecule has 0 spiro atoms. The van der Waals surface area contributed by atoms with Gasteiger partial charge in [-0.15, -0.1) is 12.6 Å². The lowest BCUT2D eigenvalue weighted by atomic mass is 10.2. The summed E-state index contributed by atoms with van der Waals surface area (Å²) in [5.74, 6) is 0. The van der Waals surface area contributed by atoms with Crippen LogP contribution in [0, 0.1) is 6.92 Å². The van der Waals surface area contributed by atoms with E-state index in [1.807, 2.05) is 0 Å². The van der Waals surface area contributed by atoms with Gasteiger partial charge in [0.05, 0.1) is 0 Å². The lowest BCUT2D eigenvalue weighted by molar-refractivity contribution is 1.22. The quantitative estimate of drug-likeness (QED) is 0.646. The van der Waals surface area contributed by atoms with Crippen LogP contribution in [0.1, 0.15) is 5.56 Å². The fourth-order valence-corrected chi connectivity index (χ4v) is 3.50. The summed E-state index contributed by atoms with van der Waals surface area (Å²) in [5.41, 5.74) is 1.31. The molecule has 0 N–H and O–H groups in total. The van der Waals surface area contributed by atoms with E-state index in [1.165, 1.54) is 10.5 Å². The molecule has 1 aliphatic heterocycles. The van der Waals surface area contributed by atoms with Crippen LogP contribution in [0.4, 0.5) is 0 Å². The Morgan fingerprint density at radius 1 is 1.15 bits per heavy atom. The molecule has 0 aromatic heterocycles. The molecular formula is C11H12S2. The highest BCUT2D eigenvalue weighted by atomic mass is 32.2. The molecule has 0 radical (unpaired) electrons. The molecule has 0 aliphatic carbocycles. The van der Waals surface area contributed by atoms with Crippen LogP contribution < -0.4 is 0 Å². The SMILES string of the molecule is Cc1ccc(S)c([SH]2C=CC=C2)c1. The number of hydrogen-bond donors (Lipinski definition) is 2. The van der Waals surface area contributed by atoms with E-state index in [1.54, 1.807) is 0 Å². The van der Waals surface area contributed by atoms with Crippen LogP contribution >= 0.6 is 23.5 Å². The summed E-state index contributed by atoms with van der Waals surface area (Å²) in [5, 5.41) is 4.51. The van der Waals surface area contributed by atoms with Gasteiger partial charge in [0, 0.05) is 9.79 Å². The molecule has 0 saturated heterocycles. The molecule has 2 heteroatoms. The van der Waals surface area contributed by atoms with Gasteiger partial charge < -0.3 is 0 Å². The molecule has 13 heavy (non-hydrogen) atoms. The molecule has 68 valence electrons. The Morgan fingerprint density at radius 3 is 2.54 bits per heavy atom. The van der Waals surface area contributed by atoms with Gasteiger partial charge in [0.25, 0.3) is 0 Å². The molecule has 0 bridgehead atoms. The monoisotopic (exact) mass is 208 g/mol. The van der Waals surface area contributed by atoms with Crippen molar-refractivity contribution in [3.63, 3.8) is 0 Å². The molecule has 0 amide bonds. The fraction of sp³-hybridized carbons (Fsp3) is 0.0909. The van der Waals surface area contributed by atoms with Crippen molar-refractivity contribution in [1.82, 2.24) is 0 Å². The van der Waals surface area contributed by atoms with E-state index >= 15 is 0 Å². The Bertz CT molecular complexity index is 366. The molecule has 1 heterocycles. The molecule has 0 nitrogen and oxygen atoms in total. The average Bonchev–Trinajstić information content (AvgIpc) is 2.61. The van der Waals surface area contributed by atoms with E-state index < -0.39 is 0 Å². The zero-order valence-corrected chi connectivity index (χ0v) is 9.22. The molecule has 2 rings (SSSR count). The average molecular weight is 208 g/mol. The number of allylic oxidation sites excluding steroid dienone is 2. The molecule has 0 atom stereocenters. The van der Waals surface area contributed by atoms with E-state index in [4.69, 9.17) is 0 Å². The lowest BCUT2D eigenvalue weighted by Crippen LogP contribution is -1.80. The summed E-state index contributed by atoms with van der Waals surface area (Å²) in [7, 11) is -0.215. The van der Waals surface area contributed by atoms with Crippen molar-refractivity contribution in [2.24, 2.45) is 0 Å². The van der Waals surface area contributed by atoms with Gasteiger partial charge in [0.15, 0.2) is 0 Å². The van der Waals surface area contributed by atoms with Crippen LogP contribution in [0.5, 0.6) is 0 Å². The number of aryl methyl sites for hydroxylation is 1. The Kier molecular flexibility index (Phi) is 2.51. The molecule has 1 aromatic carbocycles. The topological polar surface area (TPSA) is 0 Å². The largest absolute Gasteiger partial charge is 0.185 e. The first kappa shape index (κ1) is 8.97. The first-order chi connectivity index (χ1) is 6.27. The Morgan fingerprint density at radius 2 is 1.85 bits per heavy atom. The molecule has 1 aliphatic rings. The van der Waals surface area contributed by atoms with Crippen molar-refractivity contribution in [3.8, 4) is 0 Å². The summed E-state index contributed by atoms with van der Waals surface area (Å²) in [6.07, 6.45) is 4.22. The molecule has 0 fully saturated rings. The maximum atomic E-state index is 4.47. The minimum Gasteiger partial charge on any atom is -0.185 e. The fourth-order valence-electron chi connectivity index (χ4n) is 1.34. The van der Waals surface area contributed by atoms with E-state index in [9.17, 15) is 0 Å². The zero-order valence-electron chi connectivity index (χ0n) is 7.44. The van der Waals surface area contributed by atoms with Crippen molar-refractivity contribution in [2.75, 3.05) is 0 Å². The third-order valence-corrected chi connectivity index (χ3v) is 4.49. The van der Waals surface area contributed by atoms with Crippen LogP contribution in [-0.4, -0.2) is 0 Å². The predicted octanol–water partition coefficient (Wildman–Crippen LogP) is 3.68.